The van der Waals surface area contributed by atoms with Crippen LogP contribution in [0.5, 0.6) is 0 Å². The number of hydrogen-bond acceptors (Lipinski definition) is 2. The molecule has 35 heavy (non-hydrogen) atoms. The normalized spacial score (nSPS) is 14.7. The Labute approximate surface area is 208 Å². The zero-order chi connectivity index (χ0) is 24.4. The van der Waals surface area contributed by atoms with Gasteiger partial charge in [-0.15, -0.1) is 0 Å². The molecular formula is C31H35N3O. The third-order valence-electron chi connectivity index (χ3n) is 7.51. The fraction of sp³-hybridized carbons (Fsp3) is 0.323. The number of aromatic nitrogens is 1. The molecule has 1 saturated heterocycles. The quantitative estimate of drug-likeness (QED) is 0.345. The van der Waals surface area contributed by atoms with Crippen molar-refractivity contribution in [3.63, 3.8) is 0 Å². The second kappa shape index (κ2) is 10.1. The van der Waals surface area contributed by atoms with Crippen LogP contribution in [0, 0.1) is 6.92 Å². The van der Waals surface area contributed by atoms with Gasteiger partial charge in [-0.3, -0.25) is 9.69 Å². The van der Waals surface area contributed by atoms with Gasteiger partial charge in [-0.1, -0.05) is 73.7 Å². The zero-order valence-electron chi connectivity index (χ0n) is 21.1. The molecule has 0 spiro atoms. The Morgan fingerprint density at radius 2 is 1.43 bits per heavy atom. The molecule has 180 valence electrons. The first-order chi connectivity index (χ1) is 17.1. The van der Waals surface area contributed by atoms with Crippen molar-refractivity contribution in [1.82, 2.24) is 14.4 Å². The molecule has 0 saturated carbocycles. The first-order valence-electron chi connectivity index (χ1n) is 12.9. The average Bonchev–Trinajstić information content (AvgIpc) is 3.20. The Hall–Kier alpha value is -3.37. The monoisotopic (exact) mass is 465 g/mol. The Bertz CT molecular complexity index is 1260. The van der Waals surface area contributed by atoms with E-state index in [0.29, 0.717) is 0 Å². The fourth-order valence-corrected chi connectivity index (χ4v) is 5.61. The number of fused-ring (bicyclic) bond motifs is 1. The number of amides is 1. The third-order valence-corrected chi connectivity index (χ3v) is 7.51. The molecule has 5 rings (SSSR count). The smallest absolute Gasteiger partial charge is 0.270 e. The highest BCUT2D eigenvalue weighted by Gasteiger charge is 2.30. The Morgan fingerprint density at radius 3 is 1.97 bits per heavy atom. The van der Waals surface area contributed by atoms with Gasteiger partial charge < -0.3 is 9.47 Å². The molecule has 2 heterocycles. The van der Waals surface area contributed by atoms with Gasteiger partial charge in [0.25, 0.3) is 5.91 Å². The van der Waals surface area contributed by atoms with Crippen molar-refractivity contribution < 1.29 is 4.79 Å². The lowest BCUT2D eigenvalue weighted by atomic mass is 9.96. The van der Waals surface area contributed by atoms with Crippen LogP contribution in [0.4, 0.5) is 0 Å². The van der Waals surface area contributed by atoms with Crippen LogP contribution < -0.4 is 0 Å². The molecule has 3 aromatic carbocycles. The van der Waals surface area contributed by atoms with Crippen molar-refractivity contribution in [2.75, 3.05) is 26.2 Å². The van der Waals surface area contributed by atoms with Crippen molar-refractivity contribution in [2.24, 2.45) is 0 Å². The van der Waals surface area contributed by atoms with Gasteiger partial charge in [0.05, 0.1) is 6.04 Å². The minimum absolute atomic E-state index is 0.161. The molecule has 0 unspecified atom stereocenters. The largest absolute Gasteiger partial charge is 0.337 e. The summed E-state index contributed by atoms with van der Waals surface area (Å²) in [7, 11) is 0. The molecule has 0 atom stereocenters. The van der Waals surface area contributed by atoms with Crippen LogP contribution in [0.1, 0.15) is 52.6 Å². The molecule has 1 aliphatic rings. The molecule has 1 amide bonds. The van der Waals surface area contributed by atoms with E-state index in [-0.39, 0.29) is 11.9 Å². The number of hydrogen-bond donors (Lipinski definition) is 0. The standard InChI is InChI=1S/C31H35N3O/c1-4-24-16-17-28-27(22-24)23(3)29(34(28)5-2)31(35)33-20-18-32(19-21-33)30(25-12-8-6-9-13-25)26-14-10-7-11-15-26/h6-17,22,30H,4-5,18-21H2,1-3H3. The molecule has 4 heteroatoms. The summed E-state index contributed by atoms with van der Waals surface area (Å²) < 4.78 is 2.20. The van der Waals surface area contributed by atoms with Gasteiger partial charge in [-0.2, -0.15) is 0 Å². The van der Waals surface area contributed by atoms with Crippen molar-refractivity contribution >= 4 is 16.8 Å². The molecule has 1 aliphatic heterocycles. The number of nitrogens with zero attached hydrogens (tertiary/aromatic N) is 3. The van der Waals surface area contributed by atoms with Gasteiger partial charge in [0.15, 0.2) is 0 Å². The van der Waals surface area contributed by atoms with Crippen LogP contribution in [-0.2, 0) is 13.0 Å². The summed E-state index contributed by atoms with van der Waals surface area (Å²) in [6.07, 6.45) is 1.00. The van der Waals surface area contributed by atoms with E-state index in [1.807, 2.05) is 0 Å². The maximum atomic E-state index is 13.8. The SMILES string of the molecule is CCc1ccc2c(c1)c(C)c(C(=O)N1CCN(C(c3ccccc3)c3ccccc3)CC1)n2CC. The van der Waals surface area contributed by atoms with Gasteiger partial charge >= 0.3 is 0 Å². The van der Waals surface area contributed by atoms with E-state index in [0.717, 1.165) is 55.9 Å². The summed E-state index contributed by atoms with van der Waals surface area (Å²) in [6.45, 7) is 10.4. The van der Waals surface area contributed by atoms with E-state index < -0.39 is 0 Å². The van der Waals surface area contributed by atoms with Crippen molar-refractivity contribution in [3.8, 4) is 0 Å². The van der Waals surface area contributed by atoms with E-state index in [4.69, 9.17) is 0 Å². The molecule has 0 radical (unpaired) electrons. The fourth-order valence-electron chi connectivity index (χ4n) is 5.61. The Kier molecular flexibility index (Phi) is 6.74. The summed E-state index contributed by atoms with van der Waals surface area (Å²) in [5, 5.41) is 1.21. The lowest BCUT2D eigenvalue weighted by Crippen LogP contribution is -2.50. The zero-order valence-corrected chi connectivity index (χ0v) is 21.1. The molecule has 0 N–H and O–H groups in total. The van der Waals surface area contributed by atoms with E-state index in [1.54, 1.807) is 0 Å². The van der Waals surface area contributed by atoms with E-state index in [2.05, 4.69) is 114 Å². The van der Waals surface area contributed by atoms with Gasteiger partial charge in [0, 0.05) is 43.6 Å². The highest BCUT2D eigenvalue weighted by molar-refractivity contribution is 6.01. The van der Waals surface area contributed by atoms with Crippen molar-refractivity contribution in [2.45, 2.75) is 39.8 Å². The number of aryl methyl sites for hydroxylation is 3. The number of rotatable bonds is 6. The summed E-state index contributed by atoms with van der Waals surface area (Å²) in [4.78, 5) is 18.4. The first kappa shape index (κ1) is 23.4. The van der Waals surface area contributed by atoms with E-state index in [1.165, 1.54) is 22.1 Å². The van der Waals surface area contributed by atoms with Crippen LogP contribution >= 0.6 is 0 Å². The predicted octanol–water partition coefficient (Wildman–Crippen LogP) is 6.08. The summed E-state index contributed by atoms with van der Waals surface area (Å²) in [6, 6.07) is 28.3. The highest BCUT2D eigenvalue weighted by atomic mass is 16.2. The highest BCUT2D eigenvalue weighted by Crippen LogP contribution is 2.31. The molecule has 1 fully saturated rings. The molecule has 0 bridgehead atoms. The summed E-state index contributed by atoms with van der Waals surface area (Å²) in [5.74, 6) is 0.161. The Balaban J connectivity index is 1.40. The second-order valence-electron chi connectivity index (χ2n) is 9.47. The number of carbonyl (C=O) groups is 1. The molecule has 4 aromatic rings. The van der Waals surface area contributed by atoms with Crippen molar-refractivity contribution in [1.29, 1.82) is 0 Å². The summed E-state index contributed by atoms with van der Waals surface area (Å²) in [5.41, 5.74) is 7.04. The minimum Gasteiger partial charge on any atom is -0.337 e. The summed E-state index contributed by atoms with van der Waals surface area (Å²) >= 11 is 0. The van der Waals surface area contributed by atoms with Crippen LogP contribution in [0.25, 0.3) is 10.9 Å². The Morgan fingerprint density at radius 1 is 0.829 bits per heavy atom. The van der Waals surface area contributed by atoms with Crippen LogP contribution in [0.3, 0.4) is 0 Å². The predicted molar refractivity (Wildman–Crippen MR) is 144 cm³/mol. The average molecular weight is 466 g/mol. The van der Waals surface area contributed by atoms with Crippen LogP contribution in [-0.4, -0.2) is 46.5 Å². The molecule has 4 nitrogen and oxygen atoms in total. The number of benzene rings is 3. The van der Waals surface area contributed by atoms with Crippen LogP contribution in [0.15, 0.2) is 78.9 Å². The maximum absolute atomic E-state index is 13.8. The van der Waals surface area contributed by atoms with Crippen molar-refractivity contribution in [3.05, 3.63) is 107 Å². The van der Waals surface area contributed by atoms with Crippen LogP contribution in [0.2, 0.25) is 0 Å². The maximum Gasteiger partial charge on any atom is 0.270 e. The number of piperazine rings is 1. The molecule has 1 aromatic heterocycles. The van der Waals surface area contributed by atoms with Gasteiger partial charge in [0.1, 0.15) is 5.69 Å². The third kappa shape index (κ3) is 4.39. The van der Waals surface area contributed by atoms with Gasteiger partial charge in [-0.25, -0.2) is 0 Å². The lowest BCUT2D eigenvalue weighted by molar-refractivity contribution is 0.0587. The lowest BCUT2D eigenvalue weighted by Gasteiger charge is -2.40. The van der Waals surface area contributed by atoms with E-state index in [9.17, 15) is 4.79 Å². The first-order valence-corrected chi connectivity index (χ1v) is 12.9. The van der Waals surface area contributed by atoms with Gasteiger partial charge in [-0.05, 0) is 54.7 Å². The minimum atomic E-state index is 0.161. The molecule has 0 aliphatic carbocycles. The second-order valence-corrected chi connectivity index (χ2v) is 9.47. The topological polar surface area (TPSA) is 28.5 Å². The number of carbonyl (C=O) groups excluding carboxylic acids is 1. The van der Waals surface area contributed by atoms with Gasteiger partial charge in [0.2, 0.25) is 0 Å². The van der Waals surface area contributed by atoms with E-state index >= 15 is 0 Å². The molecular weight excluding hydrogens is 430 g/mol.